The number of anilines is 1. The SMILES string of the molecule is Cc1cc(NC(=O)c2ccc(-c3ccc(Cl)c(Cl)c3)o2)c(C)cc1I. The van der Waals surface area contributed by atoms with Crippen LogP contribution in [0, 0.1) is 17.4 Å². The Morgan fingerprint density at radius 3 is 2.48 bits per heavy atom. The lowest BCUT2D eigenvalue weighted by molar-refractivity contribution is 0.0997. The summed E-state index contributed by atoms with van der Waals surface area (Å²) in [5.74, 6) is 0.492. The molecule has 25 heavy (non-hydrogen) atoms. The average Bonchev–Trinajstić information content (AvgIpc) is 3.05. The fraction of sp³-hybridized carbons (Fsp3) is 0.105. The van der Waals surface area contributed by atoms with Gasteiger partial charge in [0.15, 0.2) is 5.76 Å². The first-order valence-electron chi connectivity index (χ1n) is 7.48. The van der Waals surface area contributed by atoms with Crippen LogP contribution in [-0.2, 0) is 0 Å². The van der Waals surface area contributed by atoms with E-state index < -0.39 is 0 Å². The van der Waals surface area contributed by atoms with Gasteiger partial charge in [0.2, 0.25) is 0 Å². The van der Waals surface area contributed by atoms with E-state index in [1.54, 1.807) is 30.3 Å². The molecule has 0 unspecified atom stereocenters. The van der Waals surface area contributed by atoms with E-state index in [-0.39, 0.29) is 11.7 Å². The summed E-state index contributed by atoms with van der Waals surface area (Å²) in [7, 11) is 0. The molecule has 0 bridgehead atoms. The van der Waals surface area contributed by atoms with Crippen molar-refractivity contribution in [2.75, 3.05) is 5.32 Å². The predicted octanol–water partition coefficient (Wildman–Crippen LogP) is 6.73. The third kappa shape index (κ3) is 4.02. The van der Waals surface area contributed by atoms with E-state index in [1.807, 2.05) is 26.0 Å². The second-order valence-corrected chi connectivity index (χ2v) is 7.64. The van der Waals surface area contributed by atoms with Gasteiger partial charge in [-0.3, -0.25) is 4.79 Å². The zero-order valence-corrected chi connectivity index (χ0v) is 17.2. The zero-order chi connectivity index (χ0) is 18.1. The molecule has 3 rings (SSSR count). The Morgan fingerprint density at radius 1 is 1.00 bits per heavy atom. The molecule has 0 aliphatic heterocycles. The van der Waals surface area contributed by atoms with Gasteiger partial charge in [0, 0.05) is 14.8 Å². The third-order valence-electron chi connectivity index (χ3n) is 3.79. The molecule has 1 heterocycles. The van der Waals surface area contributed by atoms with Gasteiger partial charge in [-0.25, -0.2) is 0 Å². The summed E-state index contributed by atoms with van der Waals surface area (Å²) in [5, 5.41) is 3.81. The summed E-state index contributed by atoms with van der Waals surface area (Å²) in [5.41, 5.74) is 3.64. The number of hydrogen-bond donors (Lipinski definition) is 1. The Bertz CT molecular complexity index is 966. The van der Waals surface area contributed by atoms with Crippen LogP contribution in [0.3, 0.4) is 0 Å². The summed E-state index contributed by atoms with van der Waals surface area (Å²) in [4.78, 5) is 12.5. The van der Waals surface area contributed by atoms with Gasteiger partial charge in [-0.2, -0.15) is 0 Å². The highest BCUT2D eigenvalue weighted by molar-refractivity contribution is 14.1. The Balaban J connectivity index is 1.83. The van der Waals surface area contributed by atoms with Gasteiger partial charge in [0.25, 0.3) is 5.91 Å². The molecular formula is C19H14Cl2INO2. The first-order chi connectivity index (χ1) is 11.8. The minimum Gasteiger partial charge on any atom is -0.451 e. The van der Waals surface area contributed by atoms with Crippen LogP contribution >= 0.6 is 45.8 Å². The van der Waals surface area contributed by atoms with Crippen molar-refractivity contribution in [3.63, 3.8) is 0 Å². The third-order valence-corrected chi connectivity index (χ3v) is 5.69. The molecule has 3 aromatic rings. The van der Waals surface area contributed by atoms with Gasteiger partial charge in [-0.15, -0.1) is 0 Å². The van der Waals surface area contributed by atoms with E-state index in [4.69, 9.17) is 27.6 Å². The molecule has 1 N–H and O–H groups in total. The smallest absolute Gasteiger partial charge is 0.291 e. The van der Waals surface area contributed by atoms with Crippen LogP contribution in [0.4, 0.5) is 5.69 Å². The van der Waals surface area contributed by atoms with Crippen molar-refractivity contribution in [1.29, 1.82) is 0 Å². The highest BCUT2D eigenvalue weighted by Gasteiger charge is 2.14. The van der Waals surface area contributed by atoms with Crippen LogP contribution in [0.25, 0.3) is 11.3 Å². The number of carbonyl (C=O) groups excluding carboxylic acids is 1. The summed E-state index contributed by atoms with van der Waals surface area (Å²) < 4.78 is 6.84. The Morgan fingerprint density at radius 2 is 1.76 bits per heavy atom. The van der Waals surface area contributed by atoms with Gasteiger partial charge < -0.3 is 9.73 Å². The summed E-state index contributed by atoms with van der Waals surface area (Å²) in [6.07, 6.45) is 0. The number of amides is 1. The lowest BCUT2D eigenvalue weighted by Crippen LogP contribution is -2.12. The lowest BCUT2D eigenvalue weighted by Gasteiger charge is -2.09. The largest absolute Gasteiger partial charge is 0.451 e. The van der Waals surface area contributed by atoms with Crippen molar-refractivity contribution >= 4 is 57.4 Å². The number of aryl methyl sites for hydroxylation is 2. The summed E-state index contributed by atoms with van der Waals surface area (Å²) in [6, 6.07) is 12.6. The van der Waals surface area contributed by atoms with Gasteiger partial charge >= 0.3 is 0 Å². The van der Waals surface area contributed by atoms with Crippen molar-refractivity contribution in [1.82, 2.24) is 0 Å². The maximum absolute atomic E-state index is 12.5. The van der Waals surface area contributed by atoms with Crippen LogP contribution in [-0.4, -0.2) is 5.91 Å². The Kier molecular flexibility index (Phi) is 5.41. The maximum atomic E-state index is 12.5. The van der Waals surface area contributed by atoms with E-state index in [0.29, 0.717) is 15.8 Å². The minimum atomic E-state index is -0.296. The molecule has 1 aromatic heterocycles. The van der Waals surface area contributed by atoms with Crippen molar-refractivity contribution < 1.29 is 9.21 Å². The van der Waals surface area contributed by atoms with E-state index in [9.17, 15) is 4.79 Å². The van der Waals surface area contributed by atoms with Gasteiger partial charge in [-0.05, 0) is 90.0 Å². The van der Waals surface area contributed by atoms with Crippen LogP contribution in [0.2, 0.25) is 10.0 Å². The van der Waals surface area contributed by atoms with E-state index in [0.717, 1.165) is 25.9 Å². The number of benzene rings is 2. The predicted molar refractivity (Wildman–Crippen MR) is 111 cm³/mol. The van der Waals surface area contributed by atoms with Crippen LogP contribution < -0.4 is 5.32 Å². The summed E-state index contributed by atoms with van der Waals surface area (Å²) >= 11 is 14.2. The van der Waals surface area contributed by atoms with Crippen LogP contribution in [0.1, 0.15) is 21.7 Å². The lowest BCUT2D eigenvalue weighted by atomic mass is 10.1. The number of halogens is 3. The molecule has 0 saturated heterocycles. The summed E-state index contributed by atoms with van der Waals surface area (Å²) in [6.45, 7) is 3.96. The van der Waals surface area contributed by atoms with E-state index in [2.05, 4.69) is 27.9 Å². The molecule has 128 valence electrons. The molecule has 0 aliphatic carbocycles. The maximum Gasteiger partial charge on any atom is 0.291 e. The van der Waals surface area contributed by atoms with Gasteiger partial charge in [-0.1, -0.05) is 23.2 Å². The fourth-order valence-electron chi connectivity index (χ4n) is 2.36. The number of hydrogen-bond acceptors (Lipinski definition) is 2. The van der Waals surface area contributed by atoms with E-state index in [1.165, 1.54) is 0 Å². The number of rotatable bonds is 3. The standard InChI is InChI=1S/C19H14Cl2INO2/c1-10-8-16(11(2)7-15(10)22)23-19(24)18-6-5-17(25-18)12-3-4-13(20)14(21)9-12/h3-9H,1-2H3,(H,23,24). The molecule has 0 aliphatic rings. The highest BCUT2D eigenvalue weighted by atomic mass is 127. The average molecular weight is 486 g/mol. The van der Waals surface area contributed by atoms with Crippen molar-refractivity contribution in [3.8, 4) is 11.3 Å². The normalized spacial score (nSPS) is 10.8. The first-order valence-corrected chi connectivity index (χ1v) is 9.32. The molecule has 0 radical (unpaired) electrons. The Hall–Kier alpha value is -1.50. The van der Waals surface area contributed by atoms with Crippen LogP contribution in [0.5, 0.6) is 0 Å². The van der Waals surface area contributed by atoms with E-state index >= 15 is 0 Å². The fourth-order valence-corrected chi connectivity index (χ4v) is 3.28. The topological polar surface area (TPSA) is 42.2 Å². The molecule has 0 atom stereocenters. The molecule has 0 spiro atoms. The van der Waals surface area contributed by atoms with Crippen molar-refractivity contribution in [2.24, 2.45) is 0 Å². The highest BCUT2D eigenvalue weighted by Crippen LogP contribution is 2.30. The number of nitrogens with one attached hydrogen (secondary N) is 1. The molecule has 6 heteroatoms. The van der Waals surface area contributed by atoms with Gasteiger partial charge in [0.05, 0.1) is 10.0 Å². The minimum absolute atomic E-state index is 0.233. The molecule has 1 amide bonds. The second-order valence-electron chi connectivity index (χ2n) is 5.66. The number of carbonyl (C=O) groups is 1. The number of furan rings is 1. The molecule has 0 saturated carbocycles. The monoisotopic (exact) mass is 485 g/mol. The first kappa shape index (κ1) is 18.3. The molecular weight excluding hydrogens is 472 g/mol. The van der Waals surface area contributed by atoms with Crippen molar-refractivity contribution in [3.05, 3.63) is 73.0 Å². The Labute approximate surface area is 169 Å². The van der Waals surface area contributed by atoms with Gasteiger partial charge in [0.1, 0.15) is 5.76 Å². The molecule has 3 nitrogen and oxygen atoms in total. The molecule has 2 aromatic carbocycles. The second kappa shape index (κ2) is 7.40. The van der Waals surface area contributed by atoms with Crippen molar-refractivity contribution in [2.45, 2.75) is 13.8 Å². The quantitative estimate of drug-likeness (QED) is 0.418. The van der Waals surface area contributed by atoms with Crippen LogP contribution in [0.15, 0.2) is 46.9 Å². The molecule has 0 fully saturated rings. The zero-order valence-electron chi connectivity index (χ0n) is 13.5.